The molecule has 0 radical (unpaired) electrons. The van der Waals surface area contributed by atoms with Crippen molar-refractivity contribution < 1.29 is 42.4 Å². The Kier molecular flexibility index (Phi) is 10.5. The first-order chi connectivity index (χ1) is 10.4. The van der Waals surface area contributed by atoms with E-state index in [9.17, 15) is 9.59 Å². The van der Waals surface area contributed by atoms with Crippen molar-refractivity contribution in [1.82, 2.24) is 10.6 Å². The molecule has 1 atom stereocenters. The summed E-state index contributed by atoms with van der Waals surface area (Å²) < 4.78 is 11.5. The molecule has 0 saturated heterocycles. The standard InChI is InChI=1S/C15H29N2O4.ClH.Hg/c1-8-9-11(17-13(19)21-15(5,6)7)10-16-12(18)20-14(2,3)4;;/h11H,1,8-10H2,2-7H3,(H,16,18)(H,17,19);1H;/q;;+1/p-1. The first-order valence-electron chi connectivity index (χ1n) is 7.95. The Morgan fingerprint density at radius 1 is 1.04 bits per heavy atom. The van der Waals surface area contributed by atoms with Gasteiger partial charge in [-0.3, -0.25) is 0 Å². The zero-order valence-corrected chi connectivity index (χ0v) is 21.4. The first kappa shape index (κ1) is 22.8. The van der Waals surface area contributed by atoms with Gasteiger partial charge >= 0.3 is 156 Å². The van der Waals surface area contributed by atoms with Gasteiger partial charge in [0.05, 0.1) is 0 Å². The van der Waals surface area contributed by atoms with Crippen LogP contribution in [0.5, 0.6) is 0 Å². The first-order valence-corrected chi connectivity index (χ1v) is 18.6. The zero-order chi connectivity index (χ0) is 18.1. The van der Waals surface area contributed by atoms with E-state index in [1.165, 1.54) is 0 Å². The fourth-order valence-electron chi connectivity index (χ4n) is 1.71. The van der Waals surface area contributed by atoms with E-state index < -0.39 is 46.7 Å². The Labute approximate surface area is 155 Å². The van der Waals surface area contributed by atoms with Gasteiger partial charge in [-0.05, 0) is 0 Å². The van der Waals surface area contributed by atoms with Crippen molar-refractivity contribution in [3.63, 3.8) is 0 Å². The summed E-state index contributed by atoms with van der Waals surface area (Å²) >= 11 is -1.17. The number of hydrogen-bond donors (Lipinski definition) is 2. The number of amides is 2. The number of carbonyl (C=O) groups excluding carboxylic acids is 2. The second-order valence-corrected chi connectivity index (χ2v) is 14.9. The Morgan fingerprint density at radius 2 is 1.57 bits per heavy atom. The van der Waals surface area contributed by atoms with Crippen molar-refractivity contribution in [3.05, 3.63) is 0 Å². The third-order valence-electron chi connectivity index (χ3n) is 2.55. The number of rotatable bonds is 7. The van der Waals surface area contributed by atoms with Crippen LogP contribution in [0.4, 0.5) is 9.59 Å². The van der Waals surface area contributed by atoms with Crippen molar-refractivity contribution in [1.29, 1.82) is 0 Å². The molecule has 132 valence electrons. The molecular formula is C15H29ClHgN2O4. The molecule has 0 spiro atoms. The van der Waals surface area contributed by atoms with Crippen LogP contribution < -0.4 is 10.6 Å². The van der Waals surface area contributed by atoms with E-state index in [1.807, 2.05) is 20.8 Å². The van der Waals surface area contributed by atoms with Crippen molar-refractivity contribution in [2.45, 2.75) is 75.6 Å². The predicted molar refractivity (Wildman–Crippen MR) is 87.3 cm³/mol. The van der Waals surface area contributed by atoms with Crippen LogP contribution >= 0.6 is 8.25 Å². The number of nitrogens with one attached hydrogen (secondary N) is 2. The summed E-state index contributed by atoms with van der Waals surface area (Å²) in [4.78, 5) is 23.6. The minimum atomic E-state index is -1.17. The number of carbonyl (C=O) groups is 2. The van der Waals surface area contributed by atoms with Crippen LogP contribution in [0.3, 0.4) is 0 Å². The normalized spacial score (nSPS) is 12.8. The molecule has 2 amide bonds. The van der Waals surface area contributed by atoms with E-state index in [-0.39, 0.29) is 6.04 Å². The molecule has 0 aromatic carbocycles. The molecule has 0 aliphatic rings. The summed E-state index contributed by atoms with van der Waals surface area (Å²) in [6.07, 6.45) is 0.721. The van der Waals surface area contributed by atoms with Crippen LogP contribution in [0.25, 0.3) is 0 Å². The van der Waals surface area contributed by atoms with Gasteiger partial charge < -0.3 is 0 Å². The van der Waals surface area contributed by atoms with Gasteiger partial charge in [-0.25, -0.2) is 0 Å². The number of halogens is 1. The maximum absolute atomic E-state index is 11.9. The van der Waals surface area contributed by atoms with Crippen molar-refractivity contribution in [2.24, 2.45) is 0 Å². The number of alkyl carbamates (subject to hydrolysis) is 2. The topological polar surface area (TPSA) is 76.7 Å². The molecule has 23 heavy (non-hydrogen) atoms. The Bertz CT molecular complexity index is 381. The van der Waals surface area contributed by atoms with E-state index in [0.29, 0.717) is 6.54 Å². The molecule has 8 heteroatoms. The molecule has 0 heterocycles. The van der Waals surface area contributed by atoms with Gasteiger partial charge in [0.25, 0.3) is 0 Å². The van der Waals surface area contributed by atoms with Crippen molar-refractivity contribution in [2.75, 3.05) is 6.54 Å². The van der Waals surface area contributed by atoms with Gasteiger partial charge in [0.15, 0.2) is 0 Å². The minimum absolute atomic E-state index is 0.200. The summed E-state index contributed by atoms with van der Waals surface area (Å²) in [7, 11) is 5.90. The molecule has 2 N–H and O–H groups in total. The summed E-state index contributed by atoms with van der Waals surface area (Å²) in [5.41, 5.74) is -1.10. The van der Waals surface area contributed by atoms with E-state index in [1.54, 1.807) is 20.8 Å². The molecule has 0 rings (SSSR count). The quantitative estimate of drug-likeness (QED) is 0.383. The Balaban J connectivity index is 4.44. The third-order valence-corrected chi connectivity index (χ3v) is 7.88. The number of ether oxygens (including phenoxy) is 2. The van der Waals surface area contributed by atoms with Crippen molar-refractivity contribution >= 4 is 20.4 Å². The number of hydrogen-bond acceptors (Lipinski definition) is 4. The maximum atomic E-state index is 11.9. The van der Waals surface area contributed by atoms with Crippen LogP contribution in [0.15, 0.2) is 0 Å². The van der Waals surface area contributed by atoms with E-state index in [2.05, 4.69) is 10.6 Å². The summed E-state index contributed by atoms with van der Waals surface area (Å²) in [5, 5.41) is 5.49. The third kappa shape index (κ3) is 15.1. The van der Waals surface area contributed by atoms with Gasteiger partial charge in [0.2, 0.25) is 0 Å². The SMILES string of the molecule is CC(C)(C)OC(=O)NCC(CC[CH2][Hg][Cl])NC(=O)OC(C)(C)C. The molecule has 0 bridgehead atoms. The van der Waals surface area contributed by atoms with Crippen LogP contribution in [0.2, 0.25) is 3.93 Å². The predicted octanol–water partition coefficient (Wildman–Crippen LogP) is 3.84. The van der Waals surface area contributed by atoms with E-state index >= 15 is 0 Å². The second kappa shape index (κ2) is 10.6. The van der Waals surface area contributed by atoms with E-state index in [4.69, 9.17) is 17.7 Å². The molecule has 0 fully saturated rings. The molecule has 6 nitrogen and oxygen atoms in total. The van der Waals surface area contributed by atoms with Crippen LogP contribution in [0.1, 0.15) is 54.4 Å². The molecule has 1 unspecified atom stereocenters. The molecule has 0 saturated carbocycles. The Morgan fingerprint density at radius 3 is 2.04 bits per heavy atom. The molecule has 0 aromatic rings. The van der Waals surface area contributed by atoms with Gasteiger partial charge in [0, 0.05) is 0 Å². The summed E-state index contributed by atoms with van der Waals surface area (Å²) in [6.45, 7) is 11.1. The fraction of sp³-hybridized carbons (Fsp3) is 0.867. The average molecular weight is 537 g/mol. The monoisotopic (exact) mass is 538 g/mol. The molecule has 0 aromatic heterocycles. The van der Waals surface area contributed by atoms with E-state index in [0.717, 1.165) is 16.8 Å². The van der Waals surface area contributed by atoms with Crippen LogP contribution in [0, 0.1) is 0 Å². The summed E-state index contributed by atoms with van der Waals surface area (Å²) in [6, 6.07) is -0.200. The fourth-order valence-corrected chi connectivity index (χ4v) is 5.22. The van der Waals surface area contributed by atoms with Gasteiger partial charge in [-0.1, -0.05) is 0 Å². The second-order valence-electron chi connectivity index (χ2n) is 7.41. The zero-order valence-electron chi connectivity index (χ0n) is 15.1. The van der Waals surface area contributed by atoms with Gasteiger partial charge in [-0.15, -0.1) is 0 Å². The van der Waals surface area contributed by atoms with Crippen LogP contribution in [-0.2, 0) is 32.8 Å². The molecule has 0 aliphatic heterocycles. The van der Waals surface area contributed by atoms with Gasteiger partial charge in [-0.2, -0.15) is 0 Å². The van der Waals surface area contributed by atoms with Crippen molar-refractivity contribution in [3.8, 4) is 0 Å². The Hall–Kier alpha value is -0.235. The van der Waals surface area contributed by atoms with Crippen LogP contribution in [-0.4, -0.2) is 36.0 Å². The van der Waals surface area contributed by atoms with Gasteiger partial charge in [0.1, 0.15) is 0 Å². The molecular weight excluding hydrogens is 508 g/mol. The molecule has 0 aliphatic carbocycles. The summed E-state index contributed by atoms with van der Waals surface area (Å²) in [5.74, 6) is 0. The average Bonchev–Trinajstić information content (AvgIpc) is 2.31.